The van der Waals surface area contributed by atoms with Crippen LogP contribution in [0.3, 0.4) is 0 Å². The number of aromatic amines is 1. The molecule has 1 N–H and O–H groups in total. The minimum Gasteiger partial charge on any atom is -0.343 e. The van der Waals surface area contributed by atoms with Crippen LogP contribution in [-0.2, 0) is 5.41 Å². The summed E-state index contributed by atoms with van der Waals surface area (Å²) in [5.41, 5.74) is 3.18. The predicted octanol–water partition coefficient (Wildman–Crippen LogP) is 3.81. The summed E-state index contributed by atoms with van der Waals surface area (Å²) in [5.74, 6) is 0.904. The molecule has 0 amide bonds. The lowest BCUT2D eigenvalue weighted by atomic mass is 9.95. The second-order valence-corrected chi connectivity index (χ2v) is 5.84. The maximum absolute atomic E-state index is 5.25. The van der Waals surface area contributed by atoms with Crippen LogP contribution in [0.25, 0.3) is 11.3 Å². The molecule has 0 radical (unpaired) electrons. The van der Waals surface area contributed by atoms with Crippen LogP contribution in [0.2, 0.25) is 0 Å². The van der Waals surface area contributed by atoms with Crippen LogP contribution in [0.4, 0.5) is 0 Å². The molecule has 2 heterocycles. The second kappa shape index (κ2) is 4.61. The average Bonchev–Trinajstić information content (AvgIpc) is 2.27. The first-order valence-corrected chi connectivity index (χ1v) is 6.31. The molecule has 0 aliphatic heterocycles. The molecule has 3 nitrogen and oxygen atoms in total. The van der Waals surface area contributed by atoms with Gasteiger partial charge in [0.05, 0.1) is 5.69 Å². The molecule has 0 bridgehead atoms. The molecule has 0 fully saturated rings. The summed E-state index contributed by atoms with van der Waals surface area (Å²) in [6, 6.07) is 3.88. The van der Waals surface area contributed by atoms with E-state index in [4.69, 9.17) is 12.2 Å². The Labute approximate surface area is 112 Å². The van der Waals surface area contributed by atoms with Gasteiger partial charge in [-0.1, -0.05) is 33.0 Å². The van der Waals surface area contributed by atoms with Gasteiger partial charge in [-0.3, -0.25) is 4.98 Å². The zero-order valence-corrected chi connectivity index (χ0v) is 11.9. The molecule has 4 heteroatoms. The number of pyridine rings is 1. The molecule has 2 aromatic heterocycles. The zero-order valence-electron chi connectivity index (χ0n) is 11.1. The fourth-order valence-corrected chi connectivity index (χ4v) is 1.94. The van der Waals surface area contributed by atoms with Gasteiger partial charge in [-0.05, 0) is 24.6 Å². The summed E-state index contributed by atoms with van der Waals surface area (Å²) in [7, 11) is 0. The Hall–Kier alpha value is -1.55. The smallest absolute Gasteiger partial charge is 0.130 e. The molecule has 18 heavy (non-hydrogen) atoms. The van der Waals surface area contributed by atoms with Crippen molar-refractivity contribution in [1.29, 1.82) is 0 Å². The predicted molar refractivity (Wildman–Crippen MR) is 76.1 cm³/mol. The van der Waals surface area contributed by atoms with Crippen molar-refractivity contribution in [3.8, 4) is 11.3 Å². The molecule has 94 valence electrons. The van der Waals surface area contributed by atoms with Gasteiger partial charge in [-0.2, -0.15) is 0 Å². The van der Waals surface area contributed by atoms with Crippen LogP contribution in [-0.4, -0.2) is 15.0 Å². The summed E-state index contributed by atoms with van der Waals surface area (Å²) >= 11 is 5.25. The molecule has 0 spiro atoms. The van der Waals surface area contributed by atoms with E-state index in [0.29, 0.717) is 4.64 Å². The lowest BCUT2D eigenvalue weighted by Gasteiger charge is -2.18. The summed E-state index contributed by atoms with van der Waals surface area (Å²) in [6.07, 6.45) is 3.64. The number of hydrogen-bond donors (Lipinski definition) is 1. The number of rotatable bonds is 1. The Kier molecular flexibility index (Phi) is 3.30. The first-order valence-electron chi connectivity index (χ1n) is 5.91. The number of nitrogens with one attached hydrogen (secondary N) is 1. The second-order valence-electron chi connectivity index (χ2n) is 5.42. The first kappa shape index (κ1) is 12.9. The van der Waals surface area contributed by atoms with Crippen molar-refractivity contribution in [2.45, 2.75) is 33.1 Å². The highest BCUT2D eigenvalue weighted by Gasteiger charge is 2.17. The van der Waals surface area contributed by atoms with Gasteiger partial charge in [0.1, 0.15) is 10.5 Å². The van der Waals surface area contributed by atoms with E-state index in [0.717, 1.165) is 22.6 Å². The van der Waals surface area contributed by atoms with Crippen molar-refractivity contribution in [1.82, 2.24) is 15.0 Å². The maximum Gasteiger partial charge on any atom is 0.130 e. The molecule has 2 aromatic rings. The Morgan fingerprint density at radius 2 is 2.00 bits per heavy atom. The van der Waals surface area contributed by atoms with Crippen LogP contribution in [0.5, 0.6) is 0 Å². The molecule has 0 aliphatic rings. The number of nitrogens with zero attached hydrogens (tertiary/aromatic N) is 2. The van der Waals surface area contributed by atoms with Crippen molar-refractivity contribution in [2.75, 3.05) is 0 Å². The standard InChI is InChI=1S/C14H17N3S/c1-9-8-15-6-5-10(9)11-7-12(18)17-13(16-11)14(2,3)4/h5-8H,1-4H3,(H,16,17,18). The summed E-state index contributed by atoms with van der Waals surface area (Å²) in [5, 5.41) is 0. The van der Waals surface area contributed by atoms with E-state index < -0.39 is 0 Å². The number of H-pyrrole nitrogens is 1. The maximum atomic E-state index is 5.25. The third kappa shape index (κ3) is 2.64. The Bertz CT molecular complexity index is 623. The van der Waals surface area contributed by atoms with Crippen LogP contribution in [0.15, 0.2) is 24.5 Å². The molecular weight excluding hydrogens is 242 g/mol. The van der Waals surface area contributed by atoms with E-state index in [1.54, 1.807) is 6.20 Å². The van der Waals surface area contributed by atoms with Gasteiger partial charge < -0.3 is 4.98 Å². The third-order valence-electron chi connectivity index (χ3n) is 2.76. The fourth-order valence-electron chi connectivity index (χ4n) is 1.73. The molecule has 2 rings (SSSR count). The molecule has 0 atom stereocenters. The van der Waals surface area contributed by atoms with E-state index in [-0.39, 0.29) is 5.41 Å². The summed E-state index contributed by atoms with van der Waals surface area (Å²) in [4.78, 5) is 11.9. The Morgan fingerprint density at radius 1 is 1.28 bits per heavy atom. The van der Waals surface area contributed by atoms with Crippen LogP contribution in [0.1, 0.15) is 32.2 Å². The van der Waals surface area contributed by atoms with E-state index >= 15 is 0 Å². The van der Waals surface area contributed by atoms with Crippen molar-refractivity contribution in [2.24, 2.45) is 0 Å². The normalized spacial score (nSPS) is 11.6. The number of aryl methyl sites for hydroxylation is 1. The largest absolute Gasteiger partial charge is 0.343 e. The van der Waals surface area contributed by atoms with Crippen molar-refractivity contribution in [3.63, 3.8) is 0 Å². The van der Waals surface area contributed by atoms with E-state index in [2.05, 4.69) is 35.7 Å². The summed E-state index contributed by atoms with van der Waals surface area (Å²) in [6.45, 7) is 8.38. The topological polar surface area (TPSA) is 41.6 Å². The van der Waals surface area contributed by atoms with Crippen molar-refractivity contribution >= 4 is 12.2 Å². The summed E-state index contributed by atoms with van der Waals surface area (Å²) < 4.78 is 0.616. The molecule has 0 saturated heterocycles. The number of hydrogen-bond acceptors (Lipinski definition) is 3. The average molecular weight is 259 g/mol. The molecular formula is C14H17N3S. The molecule has 0 unspecified atom stereocenters. The lowest BCUT2D eigenvalue weighted by molar-refractivity contribution is 0.545. The third-order valence-corrected chi connectivity index (χ3v) is 2.97. The minimum atomic E-state index is -0.0511. The highest BCUT2D eigenvalue weighted by atomic mass is 32.1. The molecule has 0 saturated carbocycles. The van der Waals surface area contributed by atoms with Crippen LogP contribution >= 0.6 is 12.2 Å². The first-order chi connectivity index (χ1) is 8.38. The van der Waals surface area contributed by atoms with Crippen LogP contribution in [0, 0.1) is 11.6 Å². The lowest BCUT2D eigenvalue weighted by Crippen LogP contribution is -2.16. The minimum absolute atomic E-state index is 0.0511. The zero-order chi connectivity index (χ0) is 13.3. The highest BCUT2D eigenvalue weighted by Crippen LogP contribution is 2.24. The SMILES string of the molecule is Cc1cnccc1-c1cc(=S)nc(C(C)(C)C)[nH]1. The highest BCUT2D eigenvalue weighted by molar-refractivity contribution is 7.71. The van der Waals surface area contributed by atoms with Gasteiger partial charge in [0.15, 0.2) is 0 Å². The Balaban J connectivity index is 2.63. The quantitative estimate of drug-likeness (QED) is 0.792. The van der Waals surface area contributed by atoms with E-state index in [1.165, 1.54) is 0 Å². The van der Waals surface area contributed by atoms with E-state index in [9.17, 15) is 0 Å². The van der Waals surface area contributed by atoms with Crippen molar-refractivity contribution < 1.29 is 0 Å². The molecule has 0 aliphatic carbocycles. The fraction of sp³-hybridized carbons (Fsp3) is 0.357. The monoisotopic (exact) mass is 259 g/mol. The molecule has 0 aromatic carbocycles. The van der Waals surface area contributed by atoms with E-state index in [1.807, 2.05) is 25.3 Å². The Morgan fingerprint density at radius 3 is 2.61 bits per heavy atom. The van der Waals surface area contributed by atoms with Crippen LogP contribution < -0.4 is 0 Å². The van der Waals surface area contributed by atoms with Gasteiger partial charge >= 0.3 is 0 Å². The van der Waals surface area contributed by atoms with Gasteiger partial charge in [0, 0.05) is 23.4 Å². The van der Waals surface area contributed by atoms with Gasteiger partial charge in [-0.25, -0.2) is 4.98 Å². The van der Waals surface area contributed by atoms with Crippen molar-refractivity contribution in [3.05, 3.63) is 40.6 Å². The van der Waals surface area contributed by atoms with Gasteiger partial charge in [0.25, 0.3) is 0 Å². The van der Waals surface area contributed by atoms with Gasteiger partial charge in [-0.15, -0.1) is 0 Å². The number of aromatic nitrogens is 3. The van der Waals surface area contributed by atoms with Gasteiger partial charge in [0.2, 0.25) is 0 Å².